The maximum Gasteiger partial charge on any atom is 3.00 e. The Bertz CT molecular complexity index is 316. The number of aliphatic hydroxyl groups excluding tert-OH is 4. The van der Waals surface area contributed by atoms with Gasteiger partial charge in [-0.05, 0) is 36.5 Å². The Kier molecular flexibility index (Phi) is 40.7. The maximum absolute atomic E-state index is 9.44. The van der Waals surface area contributed by atoms with E-state index >= 15 is 0 Å². The Balaban J connectivity index is -0.0000000846. The number of aliphatic carboxylic acids is 3. The van der Waals surface area contributed by atoms with Crippen molar-refractivity contribution < 1.29 is 50.1 Å². The number of rotatable bonds is 10. The number of carboxylic acid groups (broad SMARTS) is 3. The molecule has 2 radical (unpaired) electrons. The van der Waals surface area contributed by atoms with E-state index in [2.05, 4.69) is 37.9 Å². The van der Waals surface area contributed by atoms with Crippen molar-refractivity contribution in [3.8, 4) is 0 Å². The zero-order valence-electron chi connectivity index (χ0n) is 15.1. The average Bonchev–Trinajstić information content (AvgIpc) is 2.59. The summed E-state index contributed by atoms with van der Waals surface area (Å²) in [6, 6.07) is 0. The first kappa shape index (κ1) is 38.7. The molecule has 0 unspecified atom stereocenters. The molecule has 0 spiro atoms. The van der Waals surface area contributed by atoms with E-state index in [1.807, 2.05) is 0 Å². The Labute approximate surface area is 199 Å². The van der Waals surface area contributed by atoms with Crippen molar-refractivity contribution in [2.24, 2.45) is 5.41 Å². The zero-order valence-corrected chi connectivity index (χ0v) is 21.3. The summed E-state index contributed by atoms with van der Waals surface area (Å²) in [6.45, 7) is -1.62. The quantitative estimate of drug-likeness (QED) is 0.0877. The second-order valence-electron chi connectivity index (χ2n) is 4.67. The predicted molar refractivity (Wildman–Crippen MR) is 107 cm³/mol. The van der Waals surface area contributed by atoms with Gasteiger partial charge in [0.15, 0.2) is 0 Å². The molecular weight excluding hydrogens is 633 g/mol. The minimum Gasteiger partial charge on any atom is -0.550 e. The van der Waals surface area contributed by atoms with Gasteiger partial charge in [0.1, 0.15) is 0 Å². The molecule has 0 aliphatic rings. The van der Waals surface area contributed by atoms with Gasteiger partial charge in [-0.25, -0.2) is 0 Å². The fourth-order valence-electron chi connectivity index (χ4n) is 0.574. The normalized spacial score (nSPS) is 9.11. The number of aliphatic hydroxyl groups is 4. The molecule has 14 heteroatoms. The average molecular weight is 661 g/mol. The third-order valence-electron chi connectivity index (χ3n) is 2.29. The fourth-order valence-corrected chi connectivity index (χ4v) is 1.12. The number of carbonyl (C=O) groups is 3. The molecule has 0 atom stereocenters. The molecule has 166 valence electrons. The topological polar surface area (TPSA) is 201 Å². The Morgan fingerprint density at radius 1 is 0.607 bits per heavy atom. The van der Waals surface area contributed by atoms with Gasteiger partial charge in [0.25, 0.3) is 0 Å². The molecule has 0 bridgehead atoms. The molecule has 0 saturated carbocycles. The van der Waals surface area contributed by atoms with Crippen LogP contribution in [-0.2, 0) is 14.4 Å². The molecule has 0 saturated heterocycles. The summed E-state index contributed by atoms with van der Waals surface area (Å²) in [6.07, 6.45) is 0.134. The molecule has 0 aliphatic carbocycles. The monoisotopic (exact) mass is 660 g/mol. The van der Waals surface area contributed by atoms with E-state index in [1.54, 1.807) is 0 Å². The van der Waals surface area contributed by atoms with Crippen LogP contribution in [0, 0.1) is 5.41 Å². The summed E-state index contributed by atoms with van der Waals surface area (Å²) in [7, 11) is 0. The standard InChI is InChI=1S/C5H12O4.3C3H6O2S.Bi/c6-1-5(2-7,3-8)4-9;3*4-3(5)1-2-6;/h6-9H,1-4H2;3*6H,1-2H2,(H,4,5);/q;;;;+3/p-3. The van der Waals surface area contributed by atoms with Crippen LogP contribution in [0.1, 0.15) is 19.3 Å². The third kappa shape index (κ3) is 37.0. The minimum absolute atomic E-state index is 0. The molecular formula is C14H27BiO10S3. The third-order valence-corrected chi connectivity index (χ3v) is 2.96. The van der Waals surface area contributed by atoms with Crippen LogP contribution in [0.3, 0.4) is 0 Å². The molecule has 4 N–H and O–H groups in total. The zero-order chi connectivity index (χ0) is 22.3. The van der Waals surface area contributed by atoms with Crippen LogP contribution in [0.25, 0.3) is 0 Å². The van der Waals surface area contributed by atoms with E-state index < -0.39 is 49.8 Å². The van der Waals surface area contributed by atoms with Gasteiger partial charge in [0, 0.05) is 17.9 Å². The number of thiol groups is 3. The largest absolute Gasteiger partial charge is 3.00 e. The van der Waals surface area contributed by atoms with Crippen molar-refractivity contribution in [2.45, 2.75) is 19.3 Å². The molecule has 0 aromatic rings. The van der Waals surface area contributed by atoms with Gasteiger partial charge in [-0.3, -0.25) is 0 Å². The van der Waals surface area contributed by atoms with Gasteiger partial charge in [-0.2, -0.15) is 37.9 Å². The van der Waals surface area contributed by atoms with Gasteiger partial charge in [0.05, 0.1) is 31.8 Å². The second kappa shape index (κ2) is 29.4. The molecule has 0 amide bonds. The number of carboxylic acids is 3. The molecule has 10 nitrogen and oxygen atoms in total. The summed E-state index contributed by atoms with van der Waals surface area (Å²) >= 11 is 10.9. The Morgan fingerprint density at radius 3 is 0.786 bits per heavy atom. The van der Waals surface area contributed by atoms with Gasteiger partial charge in [0.2, 0.25) is 0 Å². The van der Waals surface area contributed by atoms with E-state index in [-0.39, 0.29) is 45.5 Å². The summed E-state index contributed by atoms with van der Waals surface area (Å²) < 4.78 is 0. The van der Waals surface area contributed by atoms with E-state index in [0.717, 1.165) is 0 Å². The maximum atomic E-state index is 9.44. The van der Waals surface area contributed by atoms with Crippen LogP contribution in [0.2, 0.25) is 0 Å². The van der Waals surface area contributed by atoms with Gasteiger partial charge >= 0.3 is 26.2 Å². The molecule has 28 heavy (non-hydrogen) atoms. The van der Waals surface area contributed by atoms with Crippen molar-refractivity contribution in [2.75, 3.05) is 43.7 Å². The van der Waals surface area contributed by atoms with Crippen molar-refractivity contribution in [3.05, 3.63) is 0 Å². The summed E-state index contributed by atoms with van der Waals surface area (Å²) in [5.74, 6) is -2.02. The summed E-state index contributed by atoms with van der Waals surface area (Å²) in [5.41, 5.74) is -1.11. The molecule has 0 heterocycles. The van der Waals surface area contributed by atoms with Gasteiger partial charge in [-0.1, -0.05) is 0 Å². The Morgan fingerprint density at radius 2 is 0.786 bits per heavy atom. The van der Waals surface area contributed by atoms with Crippen molar-refractivity contribution in [3.63, 3.8) is 0 Å². The van der Waals surface area contributed by atoms with Crippen LogP contribution in [0.4, 0.5) is 0 Å². The van der Waals surface area contributed by atoms with E-state index in [1.165, 1.54) is 0 Å². The minimum atomic E-state index is -1.11. The van der Waals surface area contributed by atoms with Crippen LogP contribution < -0.4 is 15.3 Å². The number of carbonyl (C=O) groups excluding carboxylic acids is 3. The smallest absolute Gasteiger partial charge is 0.550 e. The van der Waals surface area contributed by atoms with Crippen molar-refractivity contribution in [1.82, 2.24) is 0 Å². The predicted octanol–water partition coefficient (Wildman–Crippen LogP) is -5.27. The van der Waals surface area contributed by atoms with Crippen LogP contribution >= 0.6 is 37.9 Å². The number of hydrogen-bond donors (Lipinski definition) is 7. The molecule has 0 rings (SSSR count). The first-order chi connectivity index (χ1) is 12.6. The molecule has 0 aromatic heterocycles. The van der Waals surface area contributed by atoms with Crippen LogP contribution in [-0.4, -0.2) is 108 Å². The first-order valence-corrected chi connectivity index (χ1v) is 9.31. The van der Waals surface area contributed by atoms with Gasteiger partial charge in [-0.15, -0.1) is 0 Å². The Hall–Kier alpha value is 0.183. The van der Waals surface area contributed by atoms with Crippen LogP contribution in [0.15, 0.2) is 0 Å². The van der Waals surface area contributed by atoms with E-state index in [9.17, 15) is 29.7 Å². The first-order valence-electron chi connectivity index (χ1n) is 7.41. The summed E-state index contributed by atoms with van der Waals surface area (Å²) in [4.78, 5) is 28.3. The molecule has 0 fully saturated rings. The number of hydrogen-bond acceptors (Lipinski definition) is 13. The second-order valence-corrected chi connectivity index (χ2v) is 6.01. The van der Waals surface area contributed by atoms with E-state index in [4.69, 9.17) is 20.4 Å². The SMILES string of the molecule is O=C([O-])CCS.O=C([O-])CCS.O=C([O-])CCS.OCC(CO)(CO)CO.[Bi+3]. The van der Waals surface area contributed by atoms with Crippen molar-refractivity contribution >= 4 is 82.0 Å². The van der Waals surface area contributed by atoms with Crippen LogP contribution in [0.5, 0.6) is 0 Å². The van der Waals surface area contributed by atoms with Gasteiger partial charge < -0.3 is 50.1 Å². The van der Waals surface area contributed by atoms with E-state index in [0.29, 0.717) is 17.3 Å². The van der Waals surface area contributed by atoms with Crippen molar-refractivity contribution in [1.29, 1.82) is 0 Å². The summed E-state index contributed by atoms with van der Waals surface area (Å²) in [5, 5.41) is 62.3. The fraction of sp³-hybridized carbons (Fsp3) is 0.786. The molecule has 0 aliphatic heterocycles. The molecule has 0 aromatic carbocycles.